The number of ether oxygens (including phenoxy) is 2. The summed E-state index contributed by atoms with van der Waals surface area (Å²) in [5.41, 5.74) is -4.66. The highest BCUT2D eigenvalue weighted by atomic mass is 32.1. The van der Waals surface area contributed by atoms with Crippen molar-refractivity contribution in [1.82, 2.24) is 14.5 Å². The predicted octanol–water partition coefficient (Wildman–Crippen LogP) is 5.95. The molecule has 0 amide bonds. The van der Waals surface area contributed by atoms with Crippen LogP contribution in [0.1, 0.15) is 41.5 Å². The summed E-state index contributed by atoms with van der Waals surface area (Å²) in [6.45, 7) is 2.40. The number of carbonyl (C=O) groups excluding carboxylic acids is 1. The molecule has 0 radical (unpaired) electrons. The van der Waals surface area contributed by atoms with Crippen LogP contribution in [0.25, 0.3) is 11.1 Å². The molecule has 252 valence electrons. The maximum Gasteiger partial charge on any atom is 0.416 e. The zero-order valence-corrected chi connectivity index (χ0v) is 26.8. The average molecular weight is 680 g/mol. The first kappa shape index (κ1) is 35.6. The summed E-state index contributed by atoms with van der Waals surface area (Å²) in [7, 11) is 1.23. The van der Waals surface area contributed by atoms with Crippen LogP contribution in [-0.2, 0) is 35.2 Å². The molecule has 0 bridgehead atoms. The van der Waals surface area contributed by atoms with E-state index in [4.69, 9.17) is 9.47 Å². The van der Waals surface area contributed by atoms with Gasteiger partial charge in [0.1, 0.15) is 5.82 Å². The fourth-order valence-electron chi connectivity index (χ4n) is 5.33. The van der Waals surface area contributed by atoms with Gasteiger partial charge in [0.25, 0.3) is 5.56 Å². The minimum absolute atomic E-state index is 0.132. The molecule has 0 aliphatic rings. The molecule has 14 heteroatoms. The van der Waals surface area contributed by atoms with Crippen LogP contribution in [0, 0.1) is 18.6 Å². The number of aromatic nitrogens is 2. The number of nitrogens with one attached hydrogen (secondary N) is 1. The van der Waals surface area contributed by atoms with Crippen molar-refractivity contribution >= 4 is 17.3 Å². The van der Waals surface area contributed by atoms with Gasteiger partial charge in [-0.05, 0) is 62.9 Å². The molecular weight excluding hydrogens is 645 g/mol. The highest BCUT2D eigenvalue weighted by Crippen LogP contribution is 2.34. The van der Waals surface area contributed by atoms with E-state index in [1.165, 1.54) is 43.6 Å². The molecule has 4 aromatic rings. The minimum Gasteiger partial charge on any atom is -0.494 e. The summed E-state index contributed by atoms with van der Waals surface area (Å²) in [6, 6.07) is 9.64. The fourth-order valence-corrected chi connectivity index (χ4v) is 6.11. The Morgan fingerprint density at radius 1 is 1.04 bits per heavy atom. The molecule has 2 aromatic heterocycles. The molecule has 2 heterocycles. The molecule has 0 fully saturated rings. The Labute approximate surface area is 271 Å². The zero-order chi connectivity index (χ0) is 34.3. The van der Waals surface area contributed by atoms with E-state index in [0.717, 1.165) is 26.1 Å². The minimum atomic E-state index is -4.94. The maximum atomic E-state index is 15.6. The van der Waals surface area contributed by atoms with Gasteiger partial charge in [-0.2, -0.15) is 13.2 Å². The normalized spacial score (nSPS) is 12.3. The summed E-state index contributed by atoms with van der Waals surface area (Å²) in [6.07, 6.45) is -4.07. The van der Waals surface area contributed by atoms with E-state index in [1.54, 1.807) is 6.92 Å². The number of halogens is 5. The van der Waals surface area contributed by atoms with E-state index < -0.39 is 52.8 Å². The highest BCUT2D eigenvalue weighted by Gasteiger charge is 2.35. The topological polar surface area (TPSA) is 91.6 Å². The third kappa shape index (κ3) is 8.35. The summed E-state index contributed by atoms with van der Waals surface area (Å²) in [4.78, 5) is 40.9. The van der Waals surface area contributed by atoms with Crippen molar-refractivity contribution in [1.29, 1.82) is 0 Å². The third-order valence-corrected chi connectivity index (χ3v) is 8.51. The second-order valence-corrected chi connectivity index (χ2v) is 11.7. The molecule has 47 heavy (non-hydrogen) atoms. The number of hydrogen-bond acceptors (Lipinski definition) is 7. The van der Waals surface area contributed by atoms with Crippen LogP contribution in [0.5, 0.6) is 5.75 Å². The third-order valence-electron chi connectivity index (χ3n) is 7.61. The Balaban J connectivity index is 1.86. The molecule has 0 saturated heterocycles. The van der Waals surface area contributed by atoms with Gasteiger partial charge >= 0.3 is 17.8 Å². The van der Waals surface area contributed by atoms with Crippen LogP contribution in [0.2, 0.25) is 0 Å². The Bertz CT molecular complexity index is 1820. The van der Waals surface area contributed by atoms with Crippen LogP contribution in [0.4, 0.5) is 22.0 Å². The number of nitrogens with zero attached hydrogens (tertiary/aromatic N) is 2. The van der Waals surface area contributed by atoms with Crippen LogP contribution in [0.3, 0.4) is 0 Å². The molecule has 1 atom stereocenters. The summed E-state index contributed by atoms with van der Waals surface area (Å²) in [5, 5.41) is 5.11. The number of alkyl halides is 3. The van der Waals surface area contributed by atoms with Gasteiger partial charge in [0.05, 0.1) is 31.4 Å². The standard InChI is InChI=1S/C33H34F5N3O5S/c1-4-46-28(42)14-7-15-39-21(17-22-9-8-16-47-22)18-41-31(43)29(23-10-5-13-27(45-3)30(23)35)20(2)40(32(41)44)19-24-25(33(36,37)38)11-6-12-26(24)34/h5-6,8-13,16,21,39H,4,7,14-15,17-19H2,1-3H3/t21-/m1/s1. The van der Waals surface area contributed by atoms with Crippen molar-refractivity contribution in [2.75, 3.05) is 20.3 Å². The van der Waals surface area contributed by atoms with Crippen molar-refractivity contribution in [2.45, 2.75) is 58.4 Å². The molecular formula is C33H34F5N3O5S. The van der Waals surface area contributed by atoms with Gasteiger partial charge in [0, 0.05) is 40.7 Å². The van der Waals surface area contributed by atoms with Gasteiger partial charge in [-0.1, -0.05) is 24.3 Å². The number of methoxy groups -OCH3 is 1. The Kier molecular flexibility index (Phi) is 11.7. The van der Waals surface area contributed by atoms with Gasteiger partial charge in [-0.25, -0.2) is 13.6 Å². The van der Waals surface area contributed by atoms with Crippen LogP contribution < -0.4 is 21.3 Å². The Morgan fingerprint density at radius 3 is 2.45 bits per heavy atom. The van der Waals surface area contributed by atoms with E-state index in [1.807, 2.05) is 17.5 Å². The lowest BCUT2D eigenvalue weighted by molar-refractivity contribution is -0.143. The largest absolute Gasteiger partial charge is 0.494 e. The average Bonchev–Trinajstić information content (AvgIpc) is 3.53. The van der Waals surface area contributed by atoms with E-state index in [0.29, 0.717) is 25.5 Å². The zero-order valence-electron chi connectivity index (χ0n) is 26.0. The first-order valence-corrected chi connectivity index (χ1v) is 15.7. The molecule has 0 aliphatic heterocycles. The van der Waals surface area contributed by atoms with Gasteiger partial charge in [0.2, 0.25) is 0 Å². The van der Waals surface area contributed by atoms with Crippen LogP contribution >= 0.6 is 11.3 Å². The molecule has 0 saturated carbocycles. The first-order valence-electron chi connectivity index (χ1n) is 14.8. The van der Waals surface area contributed by atoms with Gasteiger partial charge < -0.3 is 14.8 Å². The summed E-state index contributed by atoms with van der Waals surface area (Å²) in [5.74, 6) is -2.69. The van der Waals surface area contributed by atoms with E-state index >= 15 is 4.39 Å². The quantitative estimate of drug-likeness (QED) is 0.101. The monoisotopic (exact) mass is 679 g/mol. The van der Waals surface area contributed by atoms with Gasteiger partial charge in [0.15, 0.2) is 11.6 Å². The fraction of sp³-hybridized carbons (Fsp3) is 0.364. The molecule has 8 nitrogen and oxygen atoms in total. The molecule has 2 aromatic carbocycles. The lowest BCUT2D eigenvalue weighted by atomic mass is 10.0. The summed E-state index contributed by atoms with van der Waals surface area (Å²) >= 11 is 1.44. The second kappa shape index (κ2) is 15.5. The summed E-state index contributed by atoms with van der Waals surface area (Å²) < 4.78 is 84.1. The van der Waals surface area contributed by atoms with E-state index in [-0.39, 0.29) is 48.1 Å². The SMILES string of the molecule is CCOC(=O)CCCN[C@H](Cc1cccs1)Cn1c(=O)c(-c2cccc(OC)c2F)c(C)n(Cc2c(F)cccc2C(F)(F)F)c1=O. The number of thiophene rings is 1. The van der Waals surface area contributed by atoms with Gasteiger partial charge in [-0.3, -0.25) is 18.7 Å². The van der Waals surface area contributed by atoms with Crippen molar-refractivity contribution in [3.63, 3.8) is 0 Å². The smallest absolute Gasteiger partial charge is 0.416 e. The van der Waals surface area contributed by atoms with Crippen LogP contribution in [-0.4, -0.2) is 41.4 Å². The molecule has 1 N–H and O–H groups in total. The molecule has 0 spiro atoms. The second-order valence-electron chi connectivity index (χ2n) is 10.7. The Hall–Kier alpha value is -4.30. The molecule has 4 rings (SSSR count). The van der Waals surface area contributed by atoms with Crippen molar-refractivity contribution < 1.29 is 36.2 Å². The number of benzene rings is 2. The van der Waals surface area contributed by atoms with Crippen molar-refractivity contribution in [2.24, 2.45) is 0 Å². The lowest BCUT2D eigenvalue weighted by Crippen LogP contribution is -2.47. The van der Waals surface area contributed by atoms with Gasteiger partial charge in [-0.15, -0.1) is 11.3 Å². The van der Waals surface area contributed by atoms with E-state index in [9.17, 15) is 31.9 Å². The predicted molar refractivity (Wildman–Crippen MR) is 168 cm³/mol. The Morgan fingerprint density at radius 2 is 1.79 bits per heavy atom. The molecule has 0 unspecified atom stereocenters. The van der Waals surface area contributed by atoms with Crippen molar-refractivity contribution in [3.05, 3.63) is 108 Å². The lowest BCUT2D eigenvalue weighted by Gasteiger charge is -2.23. The maximum absolute atomic E-state index is 15.6. The van der Waals surface area contributed by atoms with E-state index in [2.05, 4.69) is 5.32 Å². The van der Waals surface area contributed by atoms with Crippen LogP contribution in [0.15, 0.2) is 63.5 Å². The van der Waals surface area contributed by atoms with Crippen molar-refractivity contribution in [3.8, 4) is 16.9 Å². The first-order chi connectivity index (χ1) is 22.4. The number of carbonyl (C=O) groups is 1. The number of hydrogen-bond donors (Lipinski definition) is 1. The molecule has 0 aliphatic carbocycles. The number of rotatable bonds is 14. The highest BCUT2D eigenvalue weighted by molar-refractivity contribution is 7.09. The number of esters is 1.